The molecule has 6 heteroatoms. The van der Waals surface area contributed by atoms with Crippen LogP contribution in [0.15, 0.2) is 24.3 Å². The number of ether oxygens (including phenoxy) is 1. The molecule has 3 N–H and O–H groups in total. The molecule has 2 unspecified atom stereocenters. The number of hydrogen-bond acceptors (Lipinski definition) is 5. The lowest BCUT2D eigenvalue weighted by molar-refractivity contribution is -0.143. The number of aliphatic hydroxyl groups excluding tert-OH is 2. The molecule has 312 valence electrons. The van der Waals surface area contributed by atoms with Crippen LogP contribution in [0.3, 0.4) is 0 Å². The van der Waals surface area contributed by atoms with Crippen LogP contribution in [-0.4, -0.2) is 47.4 Å². The zero-order chi connectivity index (χ0) is 38.7. The molecule has 0 aromatic carbocycles. The molecule has 6 nitrogen and oxygen atoms in total. The van der Waals surface area contributed by atoms with Crippen LogP contribution in [0, 0.1) is 0 Å². The fourth-order valence-electron chi connectivity index (χ4n) is 6.86. The summed E-state index contributed by atoms with van der Waals surface area (Å²) in [6.07, 6.45) is 48.8. The van der Waals surface area contributed by atoms with E-state index >= 15 is 0 Å². The van der Waals surface area contributed by atoms with E-state index in [2.05, 4.69) is 31.3 Å². The van der Waals surface area contributed by atoms with Crippen molar-refractivity contribution >= 4 is 11.9 Å². The Morgan fingerprint density at radius 2 is 0.887 bits per heavy atom. The molecule has 0 aromatic heterocycles. The first-order valence-corrected chi connectivity index (χ1v) is 23.1. The fourth-order valence-corrected chi connectivity index (χ4v) is 6.86. The van der Waals surface area contributed by atoms with Crippen LogP contribution >= 0.6 is 0 Å². The second kappa shape index (κ2) is 43.1. The van der Waals surface area contributed by atoms with Crippen LogP contribution in [0.5, 0.6) is 0 Å². The van der Waals surface area contributed by atoms with Crippen LogP contribution in [0.25, 0.3) is 0 Å². The predicted octanol–water partition coefficient (Wildman–Crippen LogP) is 13.2. The molecule has 0 saturated heterocycles. The van der Waals surface area contributed by atoms with Crippen molar-refractivity contribution in [1.29, 1.82) is 0 Å². The minimum Gasteiger partial charge on any atom is -0.466 e. The Morgan fingerprint density at radius 1 is 0.509 bits per heavy atom. The average Bonchev–Trinajstić information content (AvgIpc) is 3.16. The molecular weight excluding hydrogens is 659 g/mol. The third-order valence-electron chi connectivity index (χ3n) is 10.5. The van der Waals surface area contributed by atoms with Gasteiger partial charge in [0, 0.05) is 12.8 Å². The van der Waals surface area contributed by atoms with Gasteiger partial charge in [-0.15, -0.1) is 0 Å². The second-order valence-corrected chi connectivity index (χ2v) is 15.7. The Hall–Kier alpha value is -1.66. The second-order valence-electron chi connectivity index (χ2n) is 15.7. The quantitative estimate of drug-likeness (QED) is 0.0328. The Morgan fingerprint density at radius 3 is 1.34 bits per heavy atom. The number of carbonyl (C=O) groups is 2. The van der Waals surface area contributed by atoms with Crippen molar-refractivity contribution in [2.75, 3.05) is 13.2 Å². The maximum Gasteiger partial charge on any atom is 0.305 e. The van der Waals surface area contributed by atoms with Gasteiger partial charge < -0.3 is 20.3 Å². The highest BCUT2D eigenvalue weighted by atomic mass is 16.5. The summed E-state index contributed by atoms with van der Waals surface area (Å²) in [6, 6.07) is -0.644. The number of nitrogens with one attached hydrogen (secondary N) is 1. The smallest absolute Gasteiger partial charge is 0.305 e. The summed E-state index contributed by atoms with van der Waals surface area (Å²) in [5, 5.41) is 22.9. The number of rotatable bonds is 42. The van der Waals surface area contributed by atoms with Crippen LogP contribution in [0.4, 0.5) is 0 Å². The molecular formula is C47H89NO5. The lowest BCUT2D eigenvalue weighted by Gasteiger charge is -2.20. The summed E-state index contributed by atoms with van der Waals surface area (Å²) in [6.45, 7) is 4.82. The molecule has 2 atom stereocenters. The first-order chi connectivity index (χ1) is 26.0. The molecule has 1 amide bonds. The van der Waals surface area contributed by atoms with Crippen molar-refractivity contribution in [2.24, 2.45) is 0 Å². The number of aliphatic hydroxyl groups is 2. The maximum absolute atomic E-state index is 12.4. The lowest BCUT2D eigenvalue weighted by Crippen LogP contribution is -2.45. The van der Waals surface area contributed by atoms with Gasteiger partial charge in [-0.25, -0.2) is 0 Å². The minimum atomic E-state index is -0.858. The Kier molecular flexibility index (Phi) is 41.7. The predicted molar refractivity (Wildman–Crippen MR) is 227 cm³/mol. The van der Waals surface area contributed by atoms with Gasteiger partial charge in [0.25, 0.3) is 0 Å². The average molecular weight is 748 g/mol. The van der Waals surface area contributed by atoms with Gasteiger partial charge in [0.15, 0.2) is 0 Å². The van der Waals surface area contributed by atoms with Gasteiger partial charge in [0.2, 0.25) is 5.91 Å². The van der Waals surface area contributed by atoms with Crippen molar-refractivity contribution < 1.29 is 24.5 Å². The summed E-state index contributed by atoms with van der Waals surface area (Å²) in [5.41, 5.74) is 0. The normalized spacial score (nSPS) is 12.9. The van der Waals surface area contributed by atoms with Crippen LogP contribution < -0.4 is 5.32 Å². The standard InChI is InChI=1S/C47H89NO5/c1-3-5-7-9-11-13-15-16-20-23-27-31-35-39-45(50)44(43-49)48-46(51)40-36-32-28-24-21-17-18-22-26-30-34-38-42-53-47(52)41-37-33-29-25-19-14-12-10-8-6-4-2/h18,22,35,39,44-45,49-50H,3-17,19-21,23-34,36-38,40-43H2,1-2H3,(H,48,51)/b22-18-,39-35+. The molecule has 0 bridgehead atoms. The molecule has 0 radical (unpaired) electrons. The van der Waals surface area contributed by atoms with Crippen LogP contribution in [0.1, 0.15) is 239 Å². The number of unbranched alkanes of at least 4 members (excludes halogenated alkanes) is 29. The molecule has 0 fully saturated rings. The van der Waals surface area contributed by atoms with E-state index < -0.39 is 12.1 Å². The summed E-state index contributed by atoms with van der Waals surface area (Å²) in [5.74, 6) is -0.120. The Balaban J connectivity index is 3.56. The molecule has 53 heavy (non-hydrogen) atoms. The first kappa shape index (κ1) is 51.3. The fraction of sp³-hybridized carbons (Fsp3) is 0.872. The highest BCUT2D eigenvalue weighted by molar-refractivity contribution is 5.76. The summed E-state index contributed by atoms with van der Waals surface area (Å²) in [7, 11) is 0. The zero-order valence-electron chi connectivity index (χ0n) is 35.2. The van der Waals surface area contributed by atoms with Gasteiger partial charge in [0.05, 0.1) is 25.4 Å². The van der Waals surface area contributed by atoms with Crippen molar-refractivity contribution in [3.05, 3.63) is 24.3 Å². The lowest BCUT2D eigenvalue weighted by atomic mass is 10.0. The van der Waals surface area contributed by atoms with Crippen molar-refractivity contribution in [3.8, 4) is 0 Å². The van der Waals surface area contributed by atoms with Crippen LogP contribution in [-0.2, 0) is 14.3 Å². The summed E-state index contributed by atoms with van der Waals surface area (Å²) in [4.78, 5) is 24.3. The zero-order valence-corrected chi connectivity index (χ0v) is 35.2. The summed E-state index contributed by atoms with van der Waals surface area (Å²) < 4.78 is 5.42. The summed E-state index contributed by atoms with van der Waals surface area (Å²) >= 11 is 0. The molecule has 0 spiro atoms. The molecule has 0 heterocycles. The molecule has 0 saturated carbocycles. The maximum atomic E-state index is 12.4. The van der Waals surface area contributed by atoms with E-state index in [-0.39, 0.29) is 18.5 Å². The molecule has 0 aliphatic heterocycles. The van der Waals surface area contributed by atoms with E-state index in [4.69, 9.17) is 4.74 Å². The van der Waals surface area contributed by atoms with E-state index in [1.54, 1.807) is 6.08 Å². The highest BCUT2D eigenvalue weighted by Gasteiger charge is 2.18. The minimum absolute atomic E-state index is 0.0255. The van der Waals surface area contributed by atoms with E-state index in [1.165, 1.54) is 135 Å². The monoisotopic (exact) mass is 748 g/mol. The molecule has 0 aliphatic carbocycles. The van der Waals surface area contributed by atoms with E-state index in [0.29, 0.717) is 19.4 Å². The van der Waals surface area contributed by atoms with E-state index in [0.717, 1.165) is 77.0 Å². The number of carbonyl (C=O) groups excluding carboxylic acids is 2. The third kappa shape index (κ3) is 39.8. The number of hydrogen-bond donors (Lipinski definition) is 3. The van der Waals surface area contributed by atoms with E-state index in [1.807, 2.05) is 6.08 Å². The molecule has 0 aromatic rings. The van der Waals surface area contributed by atoms with Crippen molar-refractivity contribution in [1.82, 2.24) is 5.32 Å². The first-order valence-electron chi connectivity index (χ1n) is 23.1. The van der Waals surface area contributed by atoms with Gasteiger partial charge >= 0.3 is 5.97 Å². The highest BCUT2D eigenvalue weighted by Crippen LogP contribution is 2.14. The Bertz CT molecular complexity index is 828. The SMILES string of the molecule is CCCCCCCCCCCCC/C=C/C(O)C(CO)NC(=O)CCCCCCC/C=C\CCCCCOC(=O)CCCCCCCCCCCCC. The number of allylic oxidation sites excluding steroid dienone is 3. The number of esters is 1. The third-order valence-corrected chi connectivity index (χ3v) is 10.5. The van der Waals surface area contributed by atoms with Crippen molar-refractivity contribution in [3.63, 3.8) is 0 Å². The van der Waals surface area contributed by atoms with Crippen LogP contribution in [0.2, 0.25) is 0 Å². The van der Waals surface area contributed by atoms with Gasteiger partial charge in [-0.05, 0) is 64.2 Å². The van der Waals surface area contributed by atoms with Gasteiger partial charge in [-0.1, -0.05) is 186 Å². The van der Waals surface area contributed by atoms with Gasteiger partial charge in [-0.2, -0.15) is 0 Å². The van der Waals surface area contributed by atoms with Crippen molar-refractivity contribution in [2.45, 2.75) is 251 Å². The molecule has 0 aliphatic rings. The Labute approximate surface area is 329 Å². The van der Waals surface area contributed by atoms with Gasteiger partial charge in [-0.3, -0.25) is 9.59 Å². The topological polar surface area (TPSA) is 95.9 Å². The number of amides is 1. The largest absolute Gasteiger partial charge is 0.466 e. The molecule has 0 rings (SSSR count). The van der Waals surface area contributed by atoms with E-state index in [9.17, 15) is 19.8 Å². The van der Waals surface area contributed by atoms with Gasteiger partial charge in [0.1, 0.15) is 0 Å².